The summed E-state index contributed by atoms with van der Waals surface area (Å²) in [7, 11) is 0. The van der Waals surface area contributed by atoms with E-state index in [1.807, 2.05) is 26.0 Å². The molecule has 0 spiro atoms. The van der Waals surface area contributed by atoms with Crippen molar-refractivity contribution in [3.63, 3.8) is 0 Å². The molecule has 1 atom stereocenters. The number of hydrogen-bond acceptors (Lipinski definition) is 4. The van der Waals surface area contributed by atoms with E-state index in [0.717, 1.165) is 11.1 Å². The van der Waals surface area contributed by atoms with Gasteiger partial charge < -0.3 is 9.84 Å². The fraction of sp³-hybridized carbons (Fsp3) is 0.222. The molecule has 2 aromatic carbocycles. The number of aryl methyl sites for hydroxylation is 2. The highest BCUT2D eigenvalue weighted by Gasteiger charge is 2.24. The first-order valence-corrected chi connectivity index (χ1v) is 7.01. The van der Waals surface area contributed by atoms with E-state index in [2.05, 4.69) is 0 Å². The summed E-state index contributed by atoms with van der Waals surface area (Å²) in [5, 5.41) is 9.41. The molecule has 0 amide bonds. The van der Waals surface area contributed by atoms with Crippen molar-refractivity contribution >= 4 is 11.9 Å². The molecule has 0 saturated carbocycles. The molecule has 1 unspecified atom stereocenters. The van der Waals surface area contributed by atoms with Crippen LogP contribution >= 0.6 is 0 Å². The highest BCUT2D eigenvalue weighted by atomic mass is 16.6. The van der Waals surface area contributed by atoms with Crippen LogP contribution in [0.5, 0.6) is 0 Å². The number of aliphatic hydroxyl groups is 1. The topological polar surface area (TPSA) is 63.6 Å². The summed E-state index contributed by atoms with van der Waals surface area (Å²) in [4.78, 5) is 24.2. The number of carbonyl (C=O) groups is 2. The minimum absolute atomic E-state index is 0.329. The molecule has 2 aromatic rings. The number of hydrogen-bond donors (Lipinski definition) is 1. The van der Waals surface area contributed by atoms with E-state index in [1.54, 1.807) is 36.4 Å². The van der Waals surface area contributed by atoms with E-state index in [9.17, 15) is 14.7 Å². The molecule has 0 fully saturated rings. The zero-order chi connectivity index (χ0) is 16.1. The van der Waals surface area contributed by atoms with Gasteiger partial charge in [0, 0.05) is 0 Å². The Morgan fingerprint density at radius 3 is 2.18 bits per heavy atom. The van der Waals surface area contributed by atoms with E-state index in [0.29, 0.717) is 11.1 Å². The molecule has 0 aliphatic heterocycles. The Hall–Kier alpha value is -2.46. The summed E-state index contributed by atoms with van der Waals surface area (Å²) in [6.45, 7) is 3.32. The van der Waals surface area contributed by atoms with Gasteiger partial charge in [0.25, 0.3) is 0 Å². The van der Waals surface area contributed by atoms with Gasteiger partial charge in [-0.05, 0) is 31.5 Å². The molecule has 114 valence electrons. The van der Waals surface area contributed by atoms with Crippen LogP contribution in [0.15, 0.2) is 48.5 Å². The zero-order valence-electron chi connectivity index (χ0n) is 12.6. The molecule has 2 rings (SSSR count). The second-order valence-electron chi connectivity index (χ2n) is 5.23. The number of carbonyl (C=O) groups excluding carboxylic acids is 2. The first kappa shape index (κ1) is 15.9. The number of esters is 2. The van der Waals surface area contributed by atoms with Gasteiger partial charge in [0.05, 0.1) is 12.2 Å². The van der Waals surface area contributed by atoms with Crippen LogP contribution < -0.4 is 0 Å². The lowest BCUT2D eigenvalue weighted by molar-refractivity contribution is -0.140. The van der Waals surface area contributed by atoms with Crippen molar-refractivity contribution in [2.75, 3.05) is 6.61 Å². The number of ether oxygens (including phenoxy) is 1. The van der Waals surface area contributed by atoms with E-state index in [-0.39, 0.29) is 0 Å². The van der Waals surface area contributed by atoms with Gasteiger partial charge in [-0.25, -0.2) is 4.79 Å². The molecular weight excluding hydrogens is 280 g/mol. The van der Waals surface area contributed by atoms with Crippen LogP contribution in [0.4, 0.5) is 0 Å². The van der Waals surface area contributed by atoms with Crippen molar-refractivity contribution in [2.24, 2.45) is 0 Å². The van der Waals surface area contributed by atoms with Crippen LogP contribution in [0.1, 0.15) is 33.0 Å². The minimum Gasteiger partial charge on any atom is -0.395 e. The maximum Gasteiger partial charge on any atom is 0.345 e. The van der Waals surface area contributed by atoms with Crippen molar-refractivity contribution in [1.82, 2.24) is 0 Å². The van der Waals surface area contributed by atoms with Gasteiger partial charge in [0.1, 0.15) is 5.92 Å². The summed E-state index contributed by atoms with van der Waals surface area (Å²) < 4.78 is 4.92. The lowest BCUT2D eigenvalue weighted by atomic mass is 10.0. The smallest absolute Gasteiger partial charge is 0.345 e. The predicted octanol–water partition coefficient (Wildman–Crippen LogP) is 2.76. The first-order valence-electron chi connectivity index (χ1n) is 7.01. The Bertz CT molecular complexity index is 656. The van der Waals surface area contributed by atoms with Crippen LogP contribution in [-0.2, 0) is 9.53 Å². The number of benzene rings is 2. The minimum atomic E-state index is -0.865. The number of rotatable bonds is 4. The monoisotopic (exact) mass is 298 g/mol. The Morgan fingerprint density at radius 1 is 1.05 bits per heavy atom. The molecule has 4 heteroatoms. The van der Waals surface area contributed by atoms with Crippen molar-refractivity contribution in [3.8, 4) is 0 Å². The molecule has 0 aliphatic carbocycles. The lowest BCUT2D eigenvalue weighted by Gasteiger charge is -2.13. The maximum absolute atomic E-state index is 12.1. The Balaban J connectivity index is 2.15. The van der Waals surface area contributed by atoms with Gasteiger partial charge in [0.2, 0.25) is 0 Å². The highest BCUT2D eigenvalue weighted by molar-refractivity contribution is 5.98. The predicted molar refractivity (Wildman–Crippen MR) is 82.6 cm³/mol. The van der Waals surface area contributed by atoms with Gasteiger partial charge in [0.15, 0.2) is 0 Å². The molecule has 0 bridgehead atoms. The lowest BCUT2D eigenvalue weighted by Crippen LogP contribution is -2.22. The molecule has 0 aromatic heterocycles. The maximum atomic E-state index is 12.1. The zero-order valence-corrected chi connectivity index (χ0v) is 12.6. The summed E-state index contributed by atoms with van der Waals surface area (Å²) in [5.74, 6) is -2.32. The molecule has 0 heterocycles. The molecule has 0 saturated heterocycles. The van der Waals surface area contributed by atoms with Crippen LogP contribution in [0, 0.1) is 13.8 Å². The Morgan fingerprint density at radius 2 is 1.64 bits per heavy atom. The van der Waals surface area contributed by atoms with Gasteiger partial charge in [-0.1, -0.05) is 47.5 Å². The largest absolute Gasteiger partial charge is 0.395 e. The van der Waals surface area contributed by atoms with Crippen molar-refractivity contribution in [1.29, 1.82) is 0 Å². The molecule has 1 N–H and O–H groups in total. The van der Waals surface area contributed by atoms with Crippen molar-refractivity contribution in [2.45, 2.75) is 19.8 Å². The third-order valence-corrected chi connectivity index (χ3v) is 3.32. The van der Waals surface area contributed by atoms with E-state index < -0.39 is 24.5 Å². The second-order valence-corrected chi connectivity index (χ2v) is 5.23. The third-order valence-electron chi connectivity index (χ3n) is 3.32. The van der Waals surface area contributed by atoms with Crippen LogP contribution in [0.2, 0.25) is 0 Å². The Labute approximate surface area is 129 Å². The van der Waals surface area contributed by atoms with Gasteiger partial charge in [-0.2, -0.15) is 0 Å². The van der Waals surface area contributed by atoms with Gasteiger partial charge in [-0.15, -0.1) is 0 Å². The summed E-state index contributed by atoms with van der Waals surface area (Å²) in [5.41, 5.74) is 2.78. The summed E-state index contributed by atoms with van der Waals surface area (Å²) in [6.07, 6.45) is 0. The third kappa shape index (κ3) is 3.80. The van der Waals surface area contributed by atoms with E-state index in [1.165, 1.54) is 0 Å². The van der Waals surface area contributed by atoms with E-state index >= 15 is 0 Å². The fourth-order valence-corrected chi connectivity index (χ4v) is 2.32. The summed E-state index contributed by atoms with van der Waals surface area (Å²) >= 11 is 0. The van der Waals surface area contributed by atoms with Crippen LogP contribution in [0.25, 0.3) is 0 Å². The second kappa shape index (κ2) is 7.00. The van der Waals surface area contributed by atoms with Crippen molar-refractivity contribution < 1.29 is 19.4 Å². The molecule has 0 radical (unpaired) electrons. The average Bonchev–Trinajstić information content (AvgIpc) is 2.48. The molecule has 4 nitrogen and oxygen atoms in total. The first-order chi connectivity index (χ1) is 10.5. The highest BCUT2D eigenvalue weighted by Crippen LogP contribution is 2.18. The fourth-order valence-electron chi connectivity index (χ4n) is 2.32. The number of aliphatic hydroxyl groups excluding tert-OH is 1. The van der Waals surface area contributed by atoms with Crippen LogP contribution in [0.3, 0.4) is 0 Å². The Kier molecular flexibility index (Phi) is 5.07. The molecule has 0 aliphatic rings. The van der Waals surface area contributed by atoms with E-state index in [4.69, 9.17) is 4.74 Å². The standard InChI is InChI=1S/C18H18O4/c1-12-8-13(2)10-15(9-12)17(20)22-18(21)16(11-19)14-6-4-3-5-7-14/h3-10,16,19H,11H2,1-2H3. The average molecular weight is 298 g/mol. The quantitative estimate of drug-likeness (QED) is 0.696. The molecular formula is C18H18O4. The van der Waals surface area contributed by atoms with Crippen molar-refractivity contribution in [3.05, 3.63) is 70.8 Å². The molecule has 22 heavy (non-hydrogen) atoms. The summed E-state index contributed by atoms with van der Waals surface area (Å²) in [6, 6.07) is 14.0. The van der Waals surface area contributed by atoms with Gasteiger partial charge in [-0.3, -0.25) is 4.79 Å². The van der Waals surface area contributed by atoms with Crippen LogP contribution in [-0.4, -0.2) is 23.7 Å². The SMILES string of the molecule is Cc1cc(C)cc(C(=O)OC(=O)C(CO)c2ccccc2)c1. The normalized spacial score (nSPS) is 11.8. The van der Waals surface area contributed by atoms with Gasteiger partial charge >= 0.3 is 11.9 Å².